The van der Waals surface area contributed by atoms with Crippen LogP contribution in [0.15, 0.2) is 48.8 Å². The number of nitrogens with zero attached hydrogens (tertiary/aromatic N) is 1. The molecule has 116 valence electrons. The molecule has 0 aliphatic heterocycles. The van der Waals surface area contributed by atoms with Gasteiger partial charge in [-0.25, -0.2) is 0 Å². The Kier molecular flexibility index (Phi) is 6.39. The van der Waals surface area contributed by atoms with Gasteiger partial charge in [0, 0.05) is 24.5 Å². The Labute approximate surface area is 130 Å². The third-order valence-electron chi connectivity index (χ3n) is 3.21. The van der Waals surface area contributed by atoms with E-state index in [1.807, 2.05) is 12.1 Å². The van der Waals surface area contributed by atoms with E-state index in [4.69, 9.17) is 4.74 Å². The molecule has 1 amide bonds. The maximum atomic E-state index is 12.0. The lowest BCUT2D eigenvalue weighted by molar-refractivity contribution is 0.0949. The number of unbranched alkanes of at least 4 members (excludes halogenated alkanes) is 1. The maximum Gasteiger partial charge on any atom is 0.251 e. The van der Waals surface area contributed by atoms with Crippen LogP contribution in [0.5, 0.6) is 5.75 Å². The minimum absolute atomic E-state index is 0.136. The number of hydrogen-bond acceptors (Lipinski definition) is 4. The topological polar surface area (TPSA) is 71.5 Å². The zero-order chi connectivity index (χ0) is 15.6. The van der Waals surface area contributed by atoms with Crippen molar-refractivity contribution in [2.75, 3.05) is 13.2 Å². The molecule has 0 bridgehead atoms. The molecule has 0 radical (unpaired) electrons. The number of pyridine rings is 1. The molecule has 0 saturated heterocycles. The largest absolute Gasteiger partial charge is 0.493 e. The van der Waals surface area contributed by atoms with Crippen LogP contribution in [0, 0.1) is 0 Å². The maximum absolute atomic E-state index is 12.0. The molecule has 0 aliphatic rings. The zero-order valence-corrected chi connectivity index (χ0v) is 12.4. The summed E-state index contributed by atoms with van der Waals surface area (Å²) < 4.78 is 5.55. The molecule has 1 heterocycles. The smallest absolute Gasteiger partial charge is 0.251 e. The van der Waals surface area contributed by atoms with E-state index in [1.165, 1.54) is 0 Å². The highest BCUT2D eigenvalue weighted by molar-refractivity contribution is 5.95. The molecule has 0 aliphatic carbocycles. The number of aliphatic hydroxyl groups is 1. The number of amides is 1. The molecule has 2 aromatic rings. The molecule has 5 nitrogen and oxygen atoms in total. The Morgan fingerprint density at radius 2 is 1.91 bits per heavy atom. The van der Waals surface area contributed by atoms with Crippen molar-refractivity contribution in [2.24, 2.45) is 0 Å². The van der Waals surface area contributed by atoms with E-state index in [0.29, 0.717) is 24.3 Å². The molecule has 0 atom stereocenters. The summed E-state index contributed by atoms with van der Waals surface area (Å²) in [6.45, 7) is 1.05. The minimum atomic E-state index is -0.153. The van der Waals surface area contributed by atoms with Gasteiger partial charge in [0.25, 0.3) is 5.91 Å². The van der Waals surface area contributed by atoms with E-state index in [9.17, 15) is 9.90 Å². The second-order valence-corrected chi connectivity index (χ2v) is 4.81. The molecular formula is C17H20N2O3. The lowest BCUT2D eigenvalue weighted by Gasteiger charge is -2.09. The summed E-state index contributed by atoms with van der Waals surface area (Å²) in [6.07, 6.45) is 5.06. The van der Waals surface area contributed by atoms with Gasteiger partial charge in [0.05, 0.1) is 13.2 Å². The van der Waals surface area contributed by atoms with Crippen molar-refractivity contribution in [2.45, 2.75) is 19.4 Å². The third-order valence-corrected chi connectivity index (χ3v) is 3.21. The molecule has 0 unspecified atom stereocenters. The number of hydrogen-bond donors (Lipinski definition) is 2. The summed E-state index contributed by atoms with van der Waals surface area (Å²) >= 11 is 0. The number of aromatic nitrogens is 1. The van der Waals surface area contributed by atoms with Crippen molar-refractivity contribution in [1.29, 1.82) is 0 Å². The fraction of sp³-hybridized carbons (Fsp3) is 0.294. The molecule has 0 spiro atoms. The van der Waals surface area contributed by atoms with Crippen LogP contribution in [-0.2, 0) is 6.61 Å². The van der Waals surface area contributed by atoms with Crippen LogP contribution < -0.4 is 10.1 Å². The van der Waals surface area contributed by atoms with E-state index >= 15 is 0 Å². The Bertz CT molecular complexity index is 587. The molecule has 0 fully saturated rings. The minimum Gasteiger partial charge on any atom is -0.493 e. The number of benzene rings is 1. The summed E-state index contributed by atoms with van der Waals surface area (Å²) in [5, 5.41) is 12.1. The Hall–Kier alpha value is -2.40. The second-order valence-electron chi connectivity index (χ2n) is 4.81. The van der Waals surface area contributed by atoms with Crippen molar-refractivity contribution in [3.05, 3.63) is 59.9 Å². The highest BCUT2D eigenvalue weighted by atomic mass is 16.5. The highest BCUT2D eigenvalue weighted by Gasteiger charge is 2.08. The quantitative estimate of drug-likeness (QED) is 0.733. The Morgan fingerprint density at radius 3 is 2.68 bits per heavy atom. The molecule has 1 aromatic heterocycles. The second kappa shape index (κ2) is 8.79. The van der Waals surface area contributed by atoms with E-state index in [0.717, 1.165) is 18.6 Å². The third kappa shape index (κ3) is 4.86. The van der Waals surface area contributed by atoms with E-state index in [-0.39, 0.29) is 12.5 Å². The summed E-state index contributed by atoms with van der Waals surface area (Å²) in [5.41, 5.74) is 1.17. The van der Waals surface area contributed by atoms with Crippen LogP contribution in [0.25, 0.3) is 0 Å². The molecule has 0 saturated carbocycles. The average molecular weight is 300 g/mol. The fourth-order valence-electron chi connectivity index (χ4n) is 2.03. The van der Waals surface area contributed by atoms with Gasteiger partial charge in [-0.2, -0.15) is 0 Å². The number of aliphatic hydroxyl groups excluding tert-OH is 1. The number of ether oxygens (including phenoxy) is 1. The van der Waals surface area contributed by atoms with Crippen molar-refractivity contribution >= 4 is 5.91 Å². The zero-order valence-electron chi connectivity index (χ0n) is 12.4. The highest BCUT2D eigenvalue weighted by Crippen LogP contribution is 2.09. The van der Waals surface area contributed by atoms with Gasteiger partial charge in [0.1, 0.15) is 5.75 Å². The monoisotopic (exact) mass is 300 g/mol. The first-order valence-electron chi connectivity index (χ1n) is 7.31. The van der Waals surface area contributed by atoms with Gasteiger partial charge in [0.15, 0.2) is 0 Å². The number of carbonyl (C=O) groups is 1. The van der Waals surface area contributed by atoms with Gasteiger partial charge in [-0.3, -0.25) is 9.78 Å². The SMILES string of the molecule is O=C(NCCCCOc1ccncc1)c1ccccc1CO. The van der Waals surface area contributed by atoms with Crippen LogP contribution in [0.1, 0.15) is 28.8 Å². The van der Waals surface area contributed by atoms with Crippen LogP contribution in [-0.4, -0.2) is 29.1 Å². The van der Waals surface area contributed by atoms with Gasteiger partial charge in [0.2, 0.25) is 0 Å². The summed E-state index contributed by atoms with van der Waals surface area (Å²) in [5.74, 6) is 0.649. The summed E-state index contributed by atoms with van der Waals surface area (Å²) in [4.78, 5) is 15.9. The fourth-order valence-corrected chi connectivity index (χ4v) is 2.03. The van der Waals surface area contributed by atoms with Crippen molar-refractivity contribution < 1.29 is 14.6 Å². The predicted octanol–water partition coefficient (Wildman–Crippen LogP) is 2.16. The standard InChI is InChI=1S/C17H20N2O3/c20-13-14-5-1-2-6-16(14)17(21)19-9-3-4-12-22-15-7-10-18-11-8-15/h1-2,5-8,10-11,20H,3-4,9,12-13H2,(H,19,21). The molecular weight excluding hydrogens is 280 g/mol. The molecule has 22 heavy (non-hydrogen) atoms. The van der Waals surface area contributed by atoms with E-state index < -0.39 is 0 Å². The van der Waals surface area contributed by atoms with E-state index in [2.05, 4.69) is 10.3 Å². The van der Waals surface area contributed by atoms with Crippen LogP contribution in [0.3, 0.4) is 0 Å². The van der Waals surface area contributed by atoms with Crippen LogP contribution in [0.2, 0.25) is 0 Å². The van der Waals surface area contributed by atoms with Crippen molar-refractivity contribution in [1.82, 2.24) is 10.3 Å². The van der Waals surface area contributed by atoms with Crippen molar-refractivity contribution in [3.8, 4) is 5.75 Å². The lowest BCUT2D eigenvalue weighted by Crippen LogP contribution is -2.25. The van der Waals surface area contributed by atoms with Gasteiger partial charge >= 0.3 is 0 Å². The lowest BCUT2D eigenvalue weighted by atomic mass is 10.1. The molecule has 2 N–H and O–H groups in total. The van der Waals surface area contributed by atoms with Gasteiger partial charge in [-0.05, 0) is 36.6 Å². The first-order valence-corrected chi connectivity index (χ1v) is 7.31. The molecule has 1 aromatic carbocycles. The van der Waals surface area contributed by atoms with Crippen LogP contribution >= 0.6 is 0 Å². The van der Waals surface area contributed by atoms with Gasteiger partial charge < -0.3 is 15.2 Å². The first-order chi connectivity index (χ1) is 10.8. The molecule has 5 heteroatoms. The predicted molar refractivity (Wildman–Crippen MR) is 83.7 cm³/mol. The Morgan fingerprint density at radius 1 is 1.14 bits per heavy atom. The normalized spacial score (nSPS) is 10.2. The van der Waals surface area contributed by atoms with Gasteiger partial charge in [-0.15, -0.1) is 0 Å². The van der Waals surface area contributed by atoms with Gasteiger partial charge in [-0.1, -0.05) is 18.2 Å². The van der Waals surface area contributed by atoms with Crippen LogP contribution in [0.4, 0.5) is 0 Å². The number of carbonyl (C=O) groups excluding carboxylic acids is 1. The molecule has 2 rings (SSSR count). The average Bonchev–Trinajstić information content (AvgIpc) is 2.58. The number of rotatable bonds is 8. The van der Waals surface area contributed by atoms with Crippen molar-refractivity contribution in [3.63, 3.8) is 0 Å². The number of nitrogens with one attached hydrogen (secondary N) is 1. The first kappa shape index (κ1) is 16.0. The summed E-state index contributed by atoms with van der Waals surface area (Å²) in [7, 11) is 0. The summed E-state index contributed by atoms with van der Waals surface area (Å²) in [6, 6.07) is 10.7. The Balaban J connectivity index is 1.65. The van der Waals surface area contributed by atoms with E-state index in [1.54, 1.807) is 36.7 Å².